The van der Waals surface area contributed by atoms with Crippen LogP contribution in [0, 0.1) is 0 Å². The van der Waals surface area contributed by atoms with E-state index in [1.165, 1.54) is 24.5 Å². The molecule has 0 saturated heterocycles. The van der Waals surface area contributed by atoms with Crippen LogP contribution in [0.25, 0.3) is 10.9 Å². The number of fused-ring (bicyclic) bond motifs is 1. The smallest absolute Gasteiger partial charge is 0.416 e. The van der Waals surface area contributed by atoms with Gasteiger partial charge in [-0.15, -0.1) is 0 Å². The summed E-state index contributed by atoms with van der Waals surface area (Å²) >= 11 is 0. The monoisotopic (exact) mass is 363 g/mol. The molecule has 0 aliphatic carbocycles. The Labute approximate surface area is 145 Å². The minimum Gasteiger partial charge on any atom is -0.508 e. The second kappa shape index (κ2) is 6.51. The molecule has 0 aliphatic rings. The summed E-state index contributed by atoms with van der Waals surface area (Å²) in [6.07, 6.45) is -3.24. The lowest BCUT2D eigenvalue weighted by molar-refractivity contribution is -0.137. The maximum atomic E-state index is 12.6. The van der Waals surface area contributed by atoms with Crippen molar-refractivity contribution < 1.29 is 28.2 Å². The van der Waals surface area contributed by atoms with Crippen LogP contribution in [-0.2, 0) is 12.7 Å². The fraction of sp³-hybridized carbons (Fsp3) is 0.118. The number of hydrogen-bond donors (Lipinski definition) is 3. The normalized spacial score (nSPS) is 11.5. The number of nitrogens with one attached hydrogen (secondary N) is 1. The fourth-order valence-electron chi connectivity index (χ4n) is 2.45. The number of benzene rings is 2. The molecule has 9 heteroatoms. The molecule has 0 bridgehead atoms. The maximum absolute atomic E-state index is 12.6. The minimum absolute atomic E-state index is 0.139. The van der Waals surface area contributed by atoms with Gasteiger partial charge in [-0.05, 0) is 29.8 Å². The van der Waals surface area contributed by atoms with Gasteiger partial charge in [-0.3, -0.25) is 0 Å². The lowest BCUT2D eigenvalue weighted by Crippen LogP contribution is -2.07. The van der Waals surface area contributed by atoms with Gasteiger partial charge < -0.3 is 15.5 Å². The van der Waals surface area contributed by atoms with Gasteiger partial charge in [0.25, 0.3) is 0 Å². The first kappa shape index (κ1) is 17.5. The lowest BCUT2D eigenvalue weighted by Gasteiger charge is -2.11. The molecule has 1 aromatic heterocycles. The van der Waals surface area contributed by atoms with E-state index in [2.05, 4.69) is 15.3 Å². The molecule has 3 rings (SSSR count). The van der Waals surface area contributed by atoms with Crippen LogP contribution < -0.4 is 5.32 Å². The van der Waals surface area contributed by atoms with E-state index in [1.54, 1.807) is 0 Å². The quantitative estimate of drug-likeness (QED) is 0.655. The van der Waals surface area contributed by atoms with Gasteiger partial charge in [-0.25, -0.2) is 14.8 Å². The summed E-state index contributed by atoms with van der Waals surface area (Å²) in [5.41, 5.74) is -0.215. The Bertz CT molecular complexity index is 973. The van der Waals surface area contributed by atoms with E-state index in [1.807, 2.05) is 0 Å². The predicted octanol–water partition coefficient (Wildman–Crippen LogP) is 3.66. The van der Waals surface area contributed by atoms with E-state index in [4.69, 9.17) is 0 Å². The third-order valence-electron chi connectivity index (χ3n) is 3.70. The highest BCUT2D eigenvalue weighted by molar-refractivity contribution is 6.05. The van der Waals surface area contributed by atoms with E-state index < -0.39 is 17.7 Å². The van der Waals surface area contributed by atoms with Crippen molar-refractivity contribution >= 4 is 22.7 Å². The Morgan fingerprint density at radius 2 is 1.81 bits per heavy atom. The summed E-state index contributed by atoms with van der Waals surface area (Å²) in [5, 5.41) is 22.1. The van der Waals surface area contributed by atoms with E-state index in [9.17, 15) is 28.2 Å². The molecule has 0 unspecified atom stereocenters. The second-order valence-corrected chi connectivity index (χ2v) is 5.47. The van der Waals surface area contributed by atoms with Crippen molar-refractivity contribution in [3.63, 3.8) is 0 Å². The Kier molecular flexibility index (Phi) is 4.37. The van der Waals surface area contributed by atoms with Crippen LogP contribution >= 0.6 is 0 Å². The number of anilines is 1. The molecular formula is C17H12F3N3O3. The number of carboxylic acid groups (broad SMARTS) is 1. The van der Waals surface area contributed by atoms with Gasteiger partial charge in [-0.1, -0.05) is 12.1 Å². The number of nitrogens with zero attached hydrogens (tertiary/aromatic N) is 2. The van der Waals surface area contributed by atoms with Gasteiger partial charge in [0.2, 0.25) is 0 Å². The minimum atomic E-state index is -4.40. The van der Waals surface area contributed by atoms with E-state index in [0.717, 1.165) is 18.2 Å². The van der Waals surface area contributed by atoms with Crippen molar-refractivity contribution in [2.75, 3.05) is 5.32 Å². The molecule has 3 aromatic rings. The number of hydrogen-bond acceptors (Lipinski definition) is 5. The molecule has 26 heavy (non-hydrogen) atoms. The SMILES string of the molecule is O=C(O)c1cc(O)cc2c(NCc3ccc(C(F)(F)F)cc3)ncnc12. The molecule has 0 aliphatic heterocycles. The molecule has 0 amide bonds. The third-order valence-corrected chi connectivity index (χ3v) is 3.70. The highest BCUT2D eigenvalue weighted by Gasteiger charge is 2.29. The number of aromatic nitrogens is 2. The zero-order valence-electron chi connectivity index (χ0n) is 13.1. The highest BCUT2D eigenvalue weighted by atomic mass is 19.4. The molecule has 0 fully saturated rings. The van der Waals surface area contributed by atoms with Crippen molar-refractivity contribution in [3.05, 3.63) is 59.4 Å². The fourth-order valence-corrected chi connectivity index (χ4v) is 2.45. The molecule has 6 nitrogen and oxygen atoms in total. The molecule has 0 spiro atoms. The van der Waals surface area contributed by atoms with E-state index in [-0.39, 0.29) is 34.6 Å². The van der Waals surface area contributed by atoms with Crippen molar-refractivity contribution in [1.82, 2.24) is 9.97 Å². The van der Waals surface area contributed by atoms with Crippen molar-refractivity contribution in [3.8, 4) is 5.75 Å². The van der Waals surface area contributed by atoms with Crippen molar-refractivity contribution in [2.45, 2.75) is 12.7 Å². The number of halogens is 3. The third kappa shape index (κ3) is 3.51. The first-order chi connectivity index (χ1) is 12.3. The van der Waals surface area contributed by atoms with Crippen LogP contribution in [-0.4, -0.2) is 26.2 Å². The topological polar surface area (TPSA) is 95.3 Å². The van der Waals surface area contributed by atoms with E-state index in [0.29, 0.717) is 5.56 Å². The van der Waals surface area contributed by atoms with Gasteiger partial charge in [0.15, 0.2) is 0 Å². The Balaban J connectivity index is 1.89. The molecular weight excluding hydrogens is 351 g/mol. The van der Waals surface area contributed by atoms with Crippen LogP contribution in [0.4, 0.5) is 19.0 Å². The summed E-state index contributed by atoms with van der Waals surface area (Å²) < 4.78 is 37.7. The van der Waals surface area contributed by atoms with Gasteiger partial charge in [-0.2, -0.15) is 13.2 Å². The summed E-state index contributed by atoms with van der Waals surface area (Å²) in [6, 6.07) is 7.01. The average Bonchev–Trinajstić information content (AvgIpc) is 2.58. The zero-order chi connectivity index (χ0) is 18.9. The second-order valence-electron chi connectivity index (χ2n) is 5.47. The van der Waals surface area contributed by atoms with Crippen molar-refractivity contribution in [1.29, 1.82) is 0 Å². The zero-order valence-corrected chi connectivity index (χ0v) is 13.1. The number of rotatable bonds is 4. The largest absolute Gasteiger partial charge is 0.508 e. The first-order valence-corrected chi connectivity index (χ1v) is 7.37. The number of phenols is 1. The number of carboxylic acids is 1. The summed E-state index contributed by atoms with van der Waals surface area (Å²) in [4.78, 5) is 19.2. The highest BCUT2D eigenvalue weighted by Crippen LogP contribution is 2.30. The predicted molar refractivity (Wildman–Crippen MR) is 86.9 cm³/mol. The standard InChI is InChI=1S/C17H12F3N3O3/c18-17(19,20)10-3-1-9(2-4-10)7-21-15-12-5-11(24)6-13(16(25)26)14(12)22-8-23-15/h1-6,8,24H,7H2,(H,25,26)(H,21,22,23). The maximum Gasteiger partial charge on any atom is 0.416 e. The lowest BCUT2D eigenvalue weighted by atomic mass is 10.1. The summed E-state index contributed by atoms with van der Waals surface area (Å²) in [6.45, 7) is 0.155. The van der Waals surface area contributed by atoms with Gasteiger partial charge in [0.1, 0.15) is 17.9 Å². The van der Waals surface area contributed by atoms with Gasteiger partial charge >= 0.3 is 12.1 Å². The summed E-state index contributed by atoms with van der Waals surface area (Å²) in [5.74, 6) is -1.26. The average molecular weight is 363 g/mol. The Hall–Kier alpha value is -3.36. The molecule has 0 atom stereocenters. The number of carbonyl (C=O) groups is 1. The van der Waals surface area contributed by atoms with Crippen molar-refractivity contribution in [2.24, 2.45) is 0 Å². The molecule has 3 N–H and O–H groups in total. The molecule has 0 saturated carbocycles. The van der Waals surface area contributed by atoms with Gasteiger partial charge in [0.05, 0.1) is 16.6 Å². The number of phenolic OH excluding ortho intramolecular Hbond substituents is 1. The van der Waals surface area contributed by atoms with Crippen LogP contribution in [0.15, 0.2) is 42.7 Å². The molecule has 1 heterocycles. The van der Waals surface area contributed by atoms with Crippen LogP contribution in [0.5, 0.6) is 5.75 Å². The van der Waals surface area contributed by atoms with E-state index >= 15 is 0 Å². The molecule has 0 radical (unpaired) electrons. The van der Waals surface area contributed by atoms with Gasteiger partial charge in [0, 0.05) is 11.9 Å². The first-order valence-electron chi connectivity index (χ1n) is 7.37. The van der Waals surface area contributed by atoms with Crippen LogP contribution in [0.3, 0.4) is 0 Å². The summed E-state index contributed by atoms with van der Waals surface area (Å²) in [7, 11) is 0. The van der Waals surface area contributed by atoms with Crippen LogP contribution in [0.1, 0.15) is 21.5 Å². The Morgan fingerprint density at radius 3 is 2.42 bits per heavy atom. The molecule has 2 aromatic carbocycles. The molecule has 134 valence electrons. The number of alkyl halides is 3. The van der Waals surface area contributed by atoms with Crippen LogP contribution in [0.2, 0.25) is 0 Å². The Morgan fingerprint density at radius 1 is 1.12 bits per heavy atom. The number of aromatic carboxylic acids is 1. The number of aromatic hydroxyl groups is 1.